The normalized spacial score (nSPS) is 20.8. The van der Waals surface area contributed by atoms with Crippen LogP contribution >= 0.6 is 11.5 Å². The predicted molar refractivity (Wildman–Crippen MR) is 45.4 cm³/mol. The van der Waals surface area contributed by atoms with E-state index in [1.165, 1.54) is 17.1 Å². The predicted octanol–water partition coefficient (Wildman–Crippen LogP) is 1.65. The van der Waals surface area contributed by atoms with E-state index in [4.69, 9.17) is 5.11 Å². The van der Waals surface area contributed by atoms with Gasteiger partial charge in [0.1, 0.15) is 0 Å². The number of aromatic nitrogens is 1. The van der Waals surface area contributed by atoms with Crippen molar-refractivity contribution >= 4 is 17.5 Å². The van der Waals surface area contributed by atoms with Gasteiger partial charge in [-0.3, -0.25) is 4.79 Å². The van der Waals surface area contributed by atoms with E-state index in [0.29, 0.717) is 0 Å². The van der Waals surface area contributed by atoms with Crippen LogP contribution in [0.15, 0.2) is 5.38 Å². The molecule has 1 unspecified atom stereocenters. The van der Waals surface area contributed by atoms with E-state index in [1.54, 1.807) is 0 Å². The van der Waals surface area contributed by atoms with Gasteiger partial charge < -0.3 is 5.11 Å². The first kappa shape index (κ1) is 7.73. The number of carboxylic acid groups (broad SMARTS) is 1. The Morgan fingerprint density at radius 2 is 2.67 bits per heavy atom. The fraction of sp³-hybridized carbons (Fsp3) is 0.500. The molecule has 0 saturated carbocycles. The van der Waals surface area contributed by atoms with Gasteiger partial charge >= 0.3 is 5.97 Å². The minimum Gasteiger partial charge on any atom is -0.481 e. The van der Waals surface area contributed by atoms with Gasteiger partial charge in [0.15, 0.2) is 0 Å². The van der Waals surface area contributed by atoms with Crippen molar-refractivity contribution in [2.75, 3.05) is 0 Å². The highest BCUT2D eigenvalue weighted by Gasteiger charge is 2.26. The van der Waals surface area contributed by atoms with Crippen molar-refractivity contribution in [3.63, 3.8) is 0 Å². The molecule has 4 heteroatoms. The first-order valence-corrected chi connectivity index (χ1v) is 4.76. The van der Waals surface area contributed by atoms with Crippen LogP contribution in [0.5, 0.6) is 0 Å². The molecular weight excluding hydrogens is 174 g/mol. The summed E-state index contributed by atoms with van der Waals surface area (Å²) in [7, 11) is 0. The second kappa shape index (κ2) is 2.86. The standard InChI is InChI=1S/C8H9NO2S/c10-7(11)3-5-1-2-6-4-12-9-8(5)6/h4-5H,1-3H2,(H,10,11). The third kappa shape index (κ3) is 1.22. The lowest BCUT2D eigenvalue weighted by Crippen LogP contribution is -2.03. The van der Waals surface area contributed by atoms with Crippen molar-refractivity contribution in [1.82, 2.24) is 4.37 Å². The van der Waals surface area contributed by atoms with E-state index in [-0.39, 0.29) is 12.3 Å². The van der Waals surface area contributed by atoms with Crippen molar-refractivity contribution in [3.8, 4) is 0 Å². The summed E-state index contributed by atoms with van der Waals surface area (Å²) < 4.78 is 4.21. The lowest BCUT2D eigenvalue weighted by Gasteiger charge is -2.03. The molecule has 1 aromatic rings. The molecule has 1 aromatic heterocycles. The van der Waals surface area contributed by atoms with Gasteiger partial charge in [0.25, 0.3) is 0 Å². The Balaban J connectivity index is 2.17. The maximum Gasteiger partial charge on any atom is 0.304 e. The molecule has 1 aliphatic rings. The smallest absolute Gasteiger partial charge is 0.304 e. The summed E-state index contributed by atoms with van der Waals surface area (Å²) >= 11 is 1.43. The Morgan fingerprint density at radius 1 is 1.83 bits per heavy atom. The minimum atomic E-state index is -0.721. The average Bonchev–Trinajstić information content (AvgIpc) is 2.52. The molecule has 2 rings (SSSR count). The number of carbonyl (C=O) groups is 1. The van der Waals surface area contributed by atoms with E-state index in [2.05, 4.69) is 4.37 Å². The monoisotopic (exact) mass is 183 g/mol. The molecule has 1 N–H and O–H groups in total. The summed E-state index contributed by atoms with van der Waals surface area (Å²) in [4.78, 5) is 10.5. The van der Waals surface area contributed by atoms with Crippen LogP contribution in [-0.2, 0) is 11.2 Å². The second-order valence-corrected chi connectivity index (χ2v) is 3.69. The Bertz CT molecular complexity index is 308. The zero-order chi connectivity index (χ0) is 8.55. The number of carboxylic acids is 1. The molecular formula is C8H9NO2S. The maximum atomic E-state index is 10.5. The summed E-state index contributed by atoms with van der Waals surface area (Å²) in [5.74, 6) is -0.551. The van der Waals surface area contributed by atoms with E-state index >= 15 is 0 Å². The molecule has 12 heavy (non-hydrogen) atoms. The van der Waals surface area contributed by atoms with E-state index in [9.17, 15) is 4.79 Å². The molecule has 0 amide bonds. The number of aliphatic carboxylic acids is 1. The van der Waals surface area contributed by atoms with Gasteiger partial charge in [-0.05, 0) is 29.9 Å². The van der Waals surface area contributed by atoms with Gasteiger partial charge in [-0.2, -0.15) is 4.37 Å². The highest BCUT2D eigenvalue weighted by atomic mass is 32.1. The van der Waals surface area contributed by atoms with Crippen LogP contribution in [0.1, 0.15) is 30.0 Å². The van der Waals surface area contributed by atoms with Crippen LogP contribution < -0.4 is 0 Å². The fourth-order valence-corrected chi connectivity index (χ4v) is 2.46. The molecule has 0 spiro atoms. The molecule has 1 atom stereocenters. The lowest BCUT2D eigenvalue weighted by molar-refractivity contribution is -0.137. The summed E-state index contributed by atoms with van der Waals surface area (Å²) in [6, 6.07) is 0. The van der Waals surface area contributed by atoms with Gasteiger partial charge in [0.05, 0.1) is 12.1 Å². The van der Waals surface area contributed by atoms with Crippen molar-refractivity contribution in [1.29, 1.82) is 0 Å². The van der Waals surface area contributed by atoms with Crippen LogP contribution in [0.4, 0.5) is 0 Å². The molecule has 0 saturated heterocycles. The summed E-state index contributed by atoms with van der Waals surface area (Å²) in [6.45, 7) is 0. The summed E-state index contributed by atoms with van der Waals surface area (Å²) in [6.07, 6.45) is 2.19. The van der Waals surface area contributed by atoms with Crippen LogP contribution in [0.3, 0.4) is 0 Å². The molecule has 0 fully saturated rings. The third-order valence-corrected chi connectivity index (χ3v) is 2.94. The second-order valence-electron chi connectivity index (χ2n) is 3.06. The highest BCUT2D eigenvalue weighted by molar-refractivity contribution is 7.03. The molecule has 0 bridgehead atoms. The molecule has 0 radical (unpaired) electrons. The van der Waals surface area contributed by atoms with Gasteiger partial charge in [0, 0.05) is 11.3 Å². The number of fused-ring (bicyclic) bond motifs is 1. The molecule has 1 aliphatic carbocycles. The zero-order valence-corrected chi connectivity index (χ0v) is 7.30. The Labute approximate surface area is 74.2 Å². The molecule has 0 aromatic carbocycles. The largest absolute Gasteiger partial charge is 0.481 e. The number of hydrogen-bond acceptors (Lipinski definition) is 3. The number of aryl methyl sites for hydroxylation is 1. The van der Waals surface area contributed by atoms with Crippen molar-refractivity contribution < 1.29 is 9.90 Å². The van der Waals surface area contributed by atoms with Crippen LogP contribution in [0.25, 0.3) is 0 Å². The first-order chi connectivity index (χ1) is 5.77. The average molecular weight is 183 g/mol. The molecule has 3 nitrogen and oxygen atoms in total. The number of hydrogen-bond donors (Lipinski definition) is 1. The SMILES string of the molecule is O=C(O)CC1CCc2csnc21. The van der Waals surface area contributed by atoms with E-state index in [1.807, 2.05) is 5.38 Å². The lowest BCUT2D eigenvalue weighted by atomic mass is 10.0. The van der Waals surface area contributed by atoms with E-state index in [0.717, 1.165) is 18.5 Å². The van der Waals surface area contributed by atoms with Crippen molar-refractivity contribution in [3.05, 3.63) is 16.6 Å². The minimum absolute atomic E-state index is 0.170. The van der Waals surface area contributed by atoms with Crippen LogP contribution in [0, 0.1) is 0 Å². The van der Waals surface area contributed by atoms with Gasteiger partial charge in [-0.15, -0.1) is 0 Å². The van der Waals surface area contributed by atoms with Crippen LogP contribution in [0.2, 0.25) is 0 Å². The Kier molecular flexibility index (Phi) is 1.84. The van der Waals surface area contributed by atoms with Crippen LogP contribution in [-0.4, -0.2) is 15.4 Å². The third-order valence-electron chi connectivity index (χ3n) is 2.24. The van der Waals surface area contributed by atoms with Gasteiger partial charge in [-0.25, -0.2) is 0 Å². The quantitative estimate of drug-likeness (QED) is 0.758. The summed E-state index contributed by atoms with van der Waals surface area (Å²) in [5.41, 5.74) is 2.29. The Hall–Kier alpha value is -0.900. The van der Waals surface area contributed by atoms with Gasteiger partial charge in [0.2, 0.25) is 0 Å². The highest BCUT2D eigenvalue weighted by Crippen LogP contribution is 2.35. The Morgan fingerprint density at radius 3 is 3.42 bits per heavy atom. The molecule has 0 aliphatic heterocycles. The number of nitrogens with zero attached hydrogens (tertiary/aromatic N) is 1. The van der Waals surface area contributed by atoms with Crippen molar-refractivity contribution in [2.24, 2.45) is 0 Å². The van der Waals surface area contributed by atoms with E-state index < -0.39 is 5.97 Å². The fourth-order valence-electron chi connectivity index (χ4n) is 1.67. The zero-order valence-electron chi connectivity index (χ0n) is 6.49. The first-order valence-electron chi connectivity index (χ1n) is 3.92. The topological polar surface area (TPSA) is 50.2 Å². The molecule has 64 valence electrons. The van der Waals surface area contributed by atoms with Gasteiger partial charge in [-0.1, -0.05) is 0 Å². The summed E-state index contributed by atoms with van der Waals surface area (Å²) in [5, 5.41) is 10.6. The van der Waals surface area contributed by atoms with Crippen molar-refractivity contribution in [2.45, 2.75) is 25.2 Å². The molecule has 1 heterocycles. The maximum absolute atomic E-state index is 10.5. The number of rotatable bonds is 2.